The van der Waals surface area contributed by atoms with E-state index < -0.39 is 47.1 Å². The maximum atomic E-state index is 14.3. The number of rotatable bonds is 5. The second kappa shape index (κ2) is 9.74. The third-order valence-corrected chi connectivity index (χ3v) is 5.73. The minimum atomic E-state index is -0.983. The Labute approximate surface area is 188 Å². The number of carbonyl (C=O) groups excluding carboxylic acids is 3. The van der Waals surface area contributed by atoms with Crippen molar-refractivity contribution in [3.63, 3.8) is 0 Å². The van der Waals surface area contributed by atoms with Crippen LogP contribution in [0.1, 0.15) is 47.1 Å². The smallest absolute Gasteiger partial charge is 0.408 e. The highest BCUT2D eigenvalue weighted by molar-refractivity contribution is 7.17. The topological polar surface area (TPSA) is 93.7 Å². The van der Waals surface area contributed by atoms with Gasteiger partial charge in [-0.15, -0.1) is 11.3 Å². The van der Waals surface area contributed by atoms with Crippen molar-refractivity contribution in [3.05, 3.63) is 51.4 Å². The second-order valence-electron chi connectivity index (χ2n) is 8.15. The van der Waals surface area contributed by atoms with Crippen LogP contribution >= 0.6 is 11.3 Å². The molecule has 1 aliphatic heterocycles. The van der Waals surface area contributed by atoms with E-state index in [0.717, 1.165) is 28.3 Å². The van der Waals surface area contributed by atoms with Crippen molar-refractivity contribution in [2.24, 2.45) is 0 Å². The van der Waals surface area contributed by atoms with Crippen molar-refractivity contribution < 1.29 is 32.6 Å². The molecule has 2 N–H and O–H groups in total. The minimum absolute atomic E-state index is 0.0464. The Morgan fingerprint density at radius 2 is 1.75 bits per heavy atom. The molecule has 2 amide bonds. The van der Waals surface area contributed by atoms with Crippen LogP contribution in [-0.4, -0.2) is 43.1 Å². The van der Waals surface area contributed by atoms with Crippen LogP contribution in [0.2, 0.25) is 0 Å². The average Bonchev–Trinajstić information content (AvgIpc) is 2.85. The maximum Gasteiger partial charge on any atom is 0.408 e. The summed E-state index contributed by atoms with van der Waals surface area (Å²) in [6.45, 7) is 5.45. The van der Waals surface area contributed by atoms with Gasteiger partial charge in [0.1, 0.15) is 28.8 Å². The van der Waals surface area contributed by atoms with Crippen molar-refractivity contribution in [1.29, 1.82) is 0 Å². The zero-order valence-electron chi connectivity index (χ0n) is 18.0. The second-order valence-corrected chi connectivity index (χ2v) is 9.25. The van der Waals surface area contributed by atoms with Crippen molar-refractivity contribution in [3.8, 4) is 0 Å². The summed E-state index contributed by atoms with van der Waals surface area (Å²) in [5, 5.41) is 5.12. The summed E-state index contributed by atoms with van der Waals surface area (Å²) in [5.74, 6) is -3.42. The van der Waals surface area contributed by atoms with Gasteiger partial charge < -0.3 is 20.1 Å². The fourth-order valence-corrected chi connectivity index (χ4v) is 4.47. The number of nitrogens with one attached hydrogen (secondary N) is 2. The Hall–Kier alpha value is -2.85. The summed E-state index contributed by atoms with van der Waals surface area (Å²) in [6.07, 6.45) is 0.109. The van der Waals surface area contributed by atoms with Gasteiger partial charge in [-0.1, -0.05) is 6.07 Å². The molecule has 0 fully saturated rings. The Bertz CT molecular complexity index is 1030. The lowest BCUT2D eigenvalue weighted by molar-refractivity contribution is -0.115. The van der Waals surface area contributed by atoms with E-state index in [9.17, 15) is 23.2 Å². The molecule has 0 atom stereocenters. The largest absolute Gasteiger partial charge is 0.444 e. The summed E-state index contributed by atoms with van der Waals surface area (Å²) in [7, 11) is 0. The fraction of sp³-hybridized carbons (Fsp3) is 0.409. The number of fused-ring (bicyclic) bond motifs is 1. The maximum absolute atomic E-state index is 14.3. The van der Waals surface area contributed by atoms with Gasteiger partial charge in [0.2, 0.25) is 11.7 Å². The van der Waals surface area contributed by atoms with E-state index in [1.807, 2.05) is 0 Å². The van der Waals surface area contributed by atoms with Gasteiger partial charge in [0.05, 0.1) is 24.3 Å². The highest BCUT2D eigenvalue weighted by Crippen LogP contribution is 2.37. The van der Waals surface area contributed by atoms with Gasteiger partial charge in [-0.2, -0.15) is 0 Å². The van der Waals surface area contributed by atoms with Gasteiger partial charge >= 0.3 is 6.09 Å². The van der Waals surface area contributed by atoms with Gasteiger partial charge in [0, 0.05) is 11.3 Å². The van der Waals surface area contributed by atoms with E-state index in [1.165, 1.54) is 6.07 Å². The molecule has 0 saturated carbocycles. The molecule has 1 aromatic carbocycles. The van der Waals surface area contributed by atoms with Crippen LogP contribution in [-0.2, 0) is 27.1 Å². The molecule has 2 heterocycles. The summed E-state index contributed by atoms with van der Waals surface area (Å²) in [6, 6.07) is 3.19. The Kier molecular flexibility index (Phi) is 7.25. The number of ether oxygens (including phenoxy) is 2. The molecule has 7 nitrogen and oxygen atoms in total. The standard InChI is InChI=1S/C22H24F2N2O5S/c1-22(2,3)31-21(29)25-11-16(27)26-20-17(12-7-9-30-10-8-15(12)32-20)19(28)18-13(23)5-4-6-14(18)24/h4-6H,7-11H2,1-3H3,(H,25,29)(H,26,27). The number of carbonyl (C=O) groups is 3. The molecule has 1 aliphatic rings. The number of thiophene rings is 1. The quantitative estimate of drug-likeness (QED) is 0.654. The number of amides is 2. The lowest BCUT2D eigenvalue weighted by Gasteiger charge is -2.19. The molecule has 0 spiro atoms. The van der Waals surface area contributed by atoms with Gasteiger partial charge in [0.25, 0.3) is 0 Å². The van der Waals surface area contributed by atoms with Crippen LogP contribution < -0.4 is 10.6 Å². The van der Waals surface area contributed by atoms with Crippen LogP contribution in [0.25, 0.3) is 0 Å². The van der Waals surface area contributed by atoms with Gasteiger partial charge in [-0.25, -0.2) is 13.6 Å². The number of anilines is 1. The van der Waals surface area contributed by atoms with E-state index in [2.05, 4.69) is 10.6 Å². The van der Waals surface area contributed by atoms with Crippen LogP contribution in [0.15, 0.2) is 18.2 Å². The monoisotopic (exact) mass is 466 g/mol. The highest BCUT2D eigenvalue weighted by atomic mass is 32.1. The third kappa shape index (κ3) is 5.68. The Morgan fingerprint density at radius 3 is 2.41 bits per heavy atom. The third-order valence-electron chi connectivity index (χ3n) is 4.52. The molecular formula is C22H24F2N2O5S. The number of halogens is 2. The lowest BCUT2D eigenvalue weighted by atomic mass is 9.97. The van der Waals surface area contributed by atoms with E-state index >= 15 is 0 Å². The number of hydrogen-bond donors (Lipinski definition) is 2. The highest BCUT2D eigenvalue weighted by Gasteiger charge is 2.30. The molecule has 10 heteroatoms. The summed E-state index contributed by atoms with van der Waals surface area (Å²) >= 11 is 1.16. The zero-order valence-corrected chi connectivity index (χ0v) is 18.8. The van der Waals surface area contributed by atoms with E-state index in [4.69, 9.17) is 9.47 Å². The van der Waals surface area contributed by atoms with E-state index in [1.54, 1.807) is 20.8 Å². The van der Waals surface area contributed by atoms with Crippen LogP contribution in [0.4, 0.5) is 18.6 Å². The van der Waals surface area contributed by atoms with Crippen molar-refractivity contribution in [1.82, 2.24) is 5.32 Å². The molecule has 1 aromatic heterocycles. The number of ketones is 1. The minimum Gasteiger partial charge on any atom is -0.444 e. The molecule has 32 heavy (non-hydrogen) atoms. The predicted octanol–water partition coefficient (Wildman–Crippen LogP) is 3.84. The molecule has 3 rings (SSSR count). The Balaban J connectivity index is 1.87. The summed E-state index contributed by atoms with van der Waals surface area (Å²) in [4.78, 5) is 38.2. The molecule has 0 bridgehead atoms. The first-order valence-corrected chi connectivity index (χ1v) is 10.9. The van der Waals surface area contributed by atoms with E-state index in [-0.39, 0.29) is 10.6 Å². The average molecular weight is 467 g/mol. The van der Waals surface area contributed by atoms with Crippen molar-refractivity contribution in [2.45, 2.75) is 39.2 Å². The molecule has 2 aromatic rings. The first-order valence-electron chi connectivity index (χ1n) is 10.0. The first kappa shape index (κ1) is 23.8. The number of alkyl carbamates (subject to hydrolysis) is 1. The normalized spacial score (nSPS) is 13.7. The van der Waals surface area contributed by atoms with Gasteiger partial charge in [-0.05, 0) is 44.9 Å². The number of benzene rings is 1. The molecule has 0 aliphatic carbocycles. The molecule has 172 valence electrons. The fourth-order valence-electron chi connectivity index (χ4n) is 3.23. The summed E-state index contributed by atoms with van der Waals surface area (Å²) < 4.78 is 39.2. The lowest BCUT2D eigenvalue weighted by Crippen LogP contribution is -2.37. The van der Waals surface area contributed by atoms with Crippen LogP contribution in [0.3, 0.4) is 0 Å². The summed E-state index contributed by atoms with van der Waals surface area (Å²) in [5.41, 5.74) is -0.751. The Morgan fingerprint density at radius 1 is 1.09 bits per heavy atom. The van der Waals surface area contributed by atoms with Crippen molar-refractivity contribution >= 4 is 34.1 Å². The van der Waals surface area contributed by atoms with Gasteiger partial charge in [-0.3, -0.25) is 9.59 Å². The van der Waals surface area contributed by atoms with Crippen molar-refractivity contribution in [2.75, 3.05) is 25.1 Å². The SMILES string of the molecule is CC(C)(C)OC(=O)NCC(=O)Nc1sc2c(c1C(=O)c1c(F)cccc1F)CCOCC2. The number of hydrogen-bond acceptors (Lipinski definition) is 6. The van der Waals surface area contributed by atoms with Gasteiger partial charge in [0.15, 0.2) is 0 Å². The zero-order chi connectivity index (χ0) is 23.5. The van der Waals surface area contributed by atoms with Crippen LogP contribution in [0, 0.1) is 11.6 Å². The molecule has 0 saturated heterocycles. The van der Waals surface area contributed by atoms with Crippen LogP contribution in [0.5, 0.6) is 0 Å². The van der Waals surface area contributed by atoms with E-state index in [0.29, 0.717) is 31.6 Å². The molecule has 0 unspecified atom stereocenters. The molecular weight excluding hydrogens is 442 g/mol. The molecule has 0 radical (unpaired) electrons. The first-order chi connectivity index (χ1) is 15.1. The predicted molar refractivity (Wildman–Crippen MR) is 115 cm³/mol.